The molecule has 2 heterocycles. The zero-order valence-corrected chi connectivity index (χ0v) is 13.3. The van der Waals surface area contributed by atoms with E-state index < -0.39 is 0 Å². The van der Waals surface area contributed by atoms with Gasteiger partial charge in [-0.2, -0.15) is 0 Å². The first kappa shape index (κ1) is 16.5. The SMILES string of the molecule is O=C(CCCc1cccs1)NCCCOCC1CCCO1. The van der Waals surface area contributed by atoms with Crippen LogP contribution in [0, 0.1) is 0 Å². The molecule has 1 unspecified atom stereocenters. The Morgan fingerprint density at radius 1 is 1.48 bits per heavy atom. The fraction of sp³-hybridized carbons (Fsp3) is 0.688. The van der Waals surface area contributed by atoms with Gasteiger partial charge in [0.15, 0.2) is 0 Å². The molecule has 1 aromatic rings. The number of aryl methyl sites for hydroxylation is 1. The minimum absolute atomic E-state index is 0.144. The molecule has 1 amide bonds. The van der Waals surface area contributed by atoms with Crippen molar-refractivity contribution in [3.05, 3.63) is 22.4 Å². The molecule has 5 heteroatoms. The molecule has 21 heavy (non-hydrogen) atoms. The first-order valence-electron chi connectivity index (χ1n) is 7.83. The molecule has 2 rings (SSSR count). The van der Waals surface area contributed by atoms with Gasteiger partial charge in [-0.05, 0) is 43.6 Å². The maximum absolute atomic E-state index is 11.6. The quantitative estimate of drug-likeness (QED) is 0.676. The van der Waals surface area contributed by atoms with Crippen molar-refractivity contribution in [2.75, 3.05) is 26.4 Å². The third-order valence-corrected chi connectivity index (χ3v) is 4.46. The van der Waals surface area contributed by atoms with E-state index in [0.29, 0.717) is 26.2 Å². The molecule has 1 N–H and O–H groups in total. The maximum Gasteiger partial charge on any atom is 0.220 e. The Labute approximate surface area is 130 Å². The van der Waals surface area contributed by atoms with E-state index in [1.54, 1.807) is 11.3 Å². The van der Waals surface area contributed by atoms with Crippen molar-refractivity contribution in [3.63, 3.8) is 0 Å². The van der Waals surface area contributed by atoms with E-state index in [1.165, 1.54) is 4.88 Å². The zero-order chi connectivity index (χ0) is 14.8. The molecule has 1 aromatic heterocycles. The summed E-state index contributed by atoms with van der Waals surface area (Å²) in [6.45, 7) is 2.95. The molecule has 0 aliphatic carbocycles. The zero-order valence-electron chi connectivity index (χ0n) is 12.5. The van der Waals surface area contributed by atoms with Gasteiger partial charge in [-0.25, -0.2) is 0 Å². The van der Waals surface area contributed by atoms with Crippen molar-refractivity contribution in [2.45, 2.75) is 44.6 Å². The minimum atomic E-state index is 0.144. The average molecular weight is 311 g/mol. The Bertz CT molecular complexity index is 388. The third-order valence-electron chi connectivity index (χ3n) is 3.52. The van der Waals surface area contributed by atoms with Crippen molar-refractivity contribution in [3.8, 4) is 0 Å². The molecular weight excluding hydrogens is 286 g/mol. The van der Waals surface area contributed by atoms with Crippen LogP contribution in [0.2, 0.25) is 0 Å². The van der Waals surface area contributed by atoms with Gasteiger partial charge in [0.2, 0.25) is 5.91 Å². The van der Waals surface area contributed by atoms with Gasteiger partial charge < -0.3 is 14.8 Å². The molecule has 4 nitrogen and oxygen atoms in total. The van der Waals surface area contributed by atoms with E-state index in [2.05, 4.69) is 22.8 Å². The van der Waals surface area contributed by atoms with Crippen LogP contribution in [-0.2, 0) is 20.7 Å². The standard InChI is InChI=1S/C16H25NO3S/c18-16(8-1-6-15-7-3-12-21-15)17-9-4-10-19-13-14-5-2-11-20-14/h3,7,12,14H,1-2,4-6,8-11,13H2,(H,17,18). The highest BCUT2D eigenvalue weighted by molar-refractivity contribution is 7.09. The molecule has 1 aliphatic rings. The van der Waals surface area contributed by atoms with E-state index >= 15 is 0 Å². The number of carbonyl (C=O) groups is 1. The number of ether oxygens (including phenoxy) is 2. The summed E-state index contributed by atoms with van der Waals surface area (Å²) < 4.78 is 11.0. The summed E-state index contributed by atoms with van der Waals surface area (Å²) in [6, 6.07) is 4.17. The van der Waals surface area contributed by atoms with Crippen LogP contribution in [-0.4, -0.2) is 38.4 Å². The van der Waals surface area contributed by atoms with Crippen LogP contribution in [0.25, 0.3) is 0 Å². The van der Waals surface area contributed by atoms with E-state index in [0.717, 1.165) is 38.7 Å². The summed E-state index contributed by atoms with van der Waals surface area (Å²) >= 11 is 1.75. The lowest BCUT2D eigenvalue weighted by molar-refractivity contribution is -0.121. The van der Waals surface area contributed by atoms with Crippen LogP contribution in [0.15, 0.2) is 17.5 Å². The van der Waals surface area contributed by atoms with Crippen LogP contribution in [0.1, 0.15) is 37.0 Å². The lowest BCUT2D eigenvalue weighted by atomic mass is 10.2. The van der Waals surface area contributed by atoms with Crippen LogP contribution in [0.5, 0.6) is 0 Å². The molecule has 1 fully saturated rings. The highest BCUT2D eigenvalue weighted by Crippen LogP contribution is 2.12. The van der Waals surface area contributed by atoms with Gasteiger partial charge >= 0.3 is 0 Å². The number of rotatable bonds is 10. The second-order valence-electron chi connectivity index (χ2n) is 5.35. The van der Waals surface area contributed by atoms with Gasteiger partial charge in [-0.3, -0.25) is 4.79 Å². The van der Waals surface area contributed by atoms with Crippen molar-refractivity contribution < 1.29 is 14.3 Å². The molecule has 0 saturated carbocycles. The molecule has 118 valence electrons. The van der Waals surface area contributed by atoms with E-state index in [-0.39, 0.29) is 12.0 Å². The molecular formula is C16H25NO3S. The number of thiophene rings is 1. The van der Waals surface area contributed by atoms with Gasteiger partial charge in [-0.15, -0.1) is 11.3 Å². The van der Waals surface area contributed by atoms with Crippen LogP contribution in [0.3, 0.4) is 0 Å². The summed E-state index contributed by atoms with van der Waals surface area (Å²) in [6.07, 6.45) is 5.93. The van der Waals surface area contributed by atoms with Crippen molar-refractivity contribution in [1.29, 1.82) is 0 Å². The molecule has 1 atom stereocenters. The smallest absolute Gasteiger partial charge is 0.220 e. The van der Waals surface area contributed by atoms with Gasteiger partial charge in [0.1, 0.15) is 0 Å². The molecule has 0 aromatic carbocycles. The Hall–Kier alpha value is -0.910. The van der Waals surface area contributed by atoms with Crippen molar-refractivity contribution >= 4 is 17.2 Å². The number of amides is 1. The number of nitrogens with one attached hydrogen (secondary N) is 1. The predicted octanol–water partition coefficient (Wildman–Crippen LogP) is 2.77. The van der Waals surface area contributed by atoms with Crippen molar-refractivity contribution in [1.82, 2.24) is 5.32 Å². The lowest BCUT2D eigenvalue weighted by Gasteiger charge is -2.10. The molecule has 1 saturated heterocycles. The fourth-order valence-electron chi connectivity index (χ4n) is 2.36. The van der Waals surface area contributed by atoms with Gasteiger partial charge in [-0.1, -0.05) is 6.07 Å². The predicted molar refractivity (Wildman–Crippen MR) is 84.7 cm³/mol. The second-order valence-corrected chi connectivity index (χ2v) is 6.38. The summed E-state index contributed by atoms with van der Waals surface area (Å²) in [5.74, 6) is 0.144. The third kappa shape index (κ3) is 7.07. The largest absolute Gasteiger partial charge is 0.379 e. The highest BCUT2D eigenvalue weighted by Gasteiger charge is 2.14. The number of carbonyl (C=O) groups excluding carboxylic acids is 1. The Morgan fingerprint density at radius 2 is 2.43 bits per heavy atom. The Kier molecular flexibility index (Phi) is 7.78. The summed E-state index contributed by atoms with van der Waals surface area (Å²) in [4.78, 5) is 13.0. The monoisotopic (exact) mass is 311 g/mol. The Balaban J connectivity index is 1.38. The normalized spacial score (nSPS) is 18.0. The molecule has 0 bridgehead atoms. The first-order chi connectivity index (χ1) is 10.3. The molecule has 0 spiro atoms. The second kappa shape index (κ2) is 9.92. The number of hydrogen-bond donors (Lipinski definition) is 1. The highest BCUT2D eigenvalue weighted by atomic mass is 32.1. The summed E-state index contributed by atoms with van der Waals surface area (Å²) in [5.41, 5.74) is 0. The van der Waals surface area contributed by atoms with Crippen LogP contribution >= 0.6 is 11.3 Å². The lowest BCUT2D eigenvalue weighted by Crippen LogP contribution is -2.25. The van der Waals surface area contributed by atoms with E-state index in [4.69, 9.17) is 9.47 Å². The summed E-state index contributed by atoms with van der Waals surface area (Å²) in [5, 5.41) is 5.02. The topological polar surface area (TPSA) is 47.6 Å². The van der Waals surface area contributed by atoms with Crippen molar-refractivity contribution in [2.24, 2.45) is 0 Å². The first-order valence-corrected chi connectivity index (χ1v) is 8.71. The van der Waals surface area contributed by atoms with Gasteiger partial charge in [0.05, 0.1) is 12.7 Å². The van der Waals surface area contributed by atoms with Crippen LogP contribution in [0.4, 0.5) is 0 Å². The minimum Gasteiger partial charge on any atom is -0.379 e. The molecule has 1 aliphatic heterocycles. The van der Waals surface area contributed by atoms with Gasteiger partial charge in [0.25, 0.3) is 0 Å². The van der Waals surface area contributed by atoms with Gasteiger partial charge in [0, 0.05) is 31.1 Å². The maximum atomic E-state index is 11.6. The summed E-state index contributed by atoms with van der Waals surface area (Å²) in [7, 11) is 0. The van der Waals surface area contributed by atoms with Crippen LogP contribution < -0.4 is 5.32 Å². The molecule has 0 radical (unpaired) electrons. The fourth-order valence-corrected chi connectivity index (χ4v) is 3.11. The Morgan fingerprint density at radius 3 is 3.19 bits per heavy atom. The van der Waals surface area contributed by atoms with E-state index in [9.17, 15) is 4.79 Å². The number of hydrogen-bond acceptors (Lipinski definition) is 4. The van der Waals surface area contributed by atoms with E-state index in [1.807, 2.05) is 0 Å². The average Bonchev–Trinajstić information content (AvgIpc) is 3.16.